The van der Waals surface area contributed by atoms with Crippen LogP contribution in [0.5, 0.6) is 0 Å². The summed E-state index contributed by atoms with van der Waals surface area (Å²) in [4.78, 5) is 8.60. The number of fused-ring (bicyclic) bond motifs is 1. The van der Waals surface area contributed by atoms with Crippen LogP contribution in [0.4, 0.5) is 11.8 Å². The third kappa shape index (κ3) is 2.85. The Morgan fingerprint density at radius 1 is 1.28 bits per heavy atom. The number of hydrogen-bond acceptors (Lipinski definition) is 6. The standard InChI is InChI=1S/C12H17N5O/c1-18-8-4-7-14-11-9-5-2-3-6-10(9)15-12(16-11)17-13/h2-3,5-6H,4,7-8,13H2,1H3,(H2,14,15,16,17). The molecule has 0 radical (unpaired) electrons. The Morgan fingerprint density at radius 3 is 2.89 bits per heavy atom. The Bertz CT molecular complexity index is 517. The molecule has 0 aliphatic rings. The molecule has 6 heteroatoms. The Balaban J connectivity index is 2.23. The largest absolute Gasteiger partial charge is 0.385 e. The van der Waals surface area contributed by atoms with E-state index in [2.05, 4.69) is 20.7 Å². The van der Waals surface area contributed by atoms with Crippen molar-refractivity contribution in [2.75, 3.05) is 31.0 Å². The van der Waals surface area contributed by atoms with Gasteiger partial charge in [-0.15, -0.1) is 0 Å². The van der Waals surface area contributed by atoms with Gasteiger partial charge in [-0.1, -0.05) is 12.1 Å². The van der Waals surface area contributed by atoms with Crippen molar-refractivity contribution in [1.82, 2.24) is 9.97 Å². The highest BCUT2D eigenvalue weighted by Gasteiger charge is 2.05. The van der Waals surface area contributed by atoms with Gasteiger partial charge < -0.3 is 10.1 Å². The van der Waals surface area contributed by atoms with E-state index >= 15 is 0 Å². The molecule has 0 amide bonds. The van der Waals surface area contributed by atoms with E-state index in [0.29, 0.717) is 5.95 Å². The van der Waals surface area contributed by atoms with Crippen molar-refractivity contribution in [2.24, 2.45) is 5.84 Å². The molecule has 1 aromatic carbocycles. The predicted octanol–water partition coefficient (Wildman–Crippen LogP) is 1.36. The second-order valence-electron chi connectivity index (χ2n) is 3.83. The van der Waals surface area contributed by atoms with Crippen LogP contribution in [0.1, 0.15) is 6.42 Å². The molecule has 0 saturated heterocycles. The van der Waals surface area contributed by atoms with E-state index in [0.717, 1.165) is 36.3 Å². The number of hydrazine groups is 1. The van der Waals surface area contributed by atoms with Crippen molar-refractivity contribution in [3.05, 3.63) is 24.3 Å². The molecule has 96 valence electrons. The first-order valence-corrected chi connectivity index (χ1v) is 5.81. The van der Waals surface area contributed by atoms with E-state index in [9.17, 15) is 0 Å². The smallest absolute Gasteiger partial charge is 0.239 e. The zero-order valence-corrected chi connectivity index (χ0v) is 10.3. The fourth-order valence-corrected chi connectivity index (χ4v) is 1.70. The number of rotatable bonds is 6. The first kappa shape index (κ1) is 12.5. The van der Waals surface area contributed by atoms with Crippen LogP contribution >= 0.6 is 0 Å². The zero-order chi connectivity index (χ0) is 12.8. The highest BCUT2D eigenvalue weighted by Crippen LogP contribution is 2.21. The fourth-order valence-electron chi connectivity index (χ4n) is 1.70. The molecule has 1 heterocycles. The lowest BCUT2D eigenvalue weighted by Crippen LogP contribution is -2.13. The third-order valence-electron chi connectivity index (χ3n) is 2.55. The average molecular weight is 247 g/mol. The third-order valence-corrected chi connectivity index (χ3v) is 2.55. The van der Waals surface area contributed by atoms with Crippen LogP contribution in [0.15, 0.2) is 24.3 Å². The van der Waals surface area contributed by atoms with E-state index in [1.807, 2.05) is 24.3 Å². The van der Waals surface area contributed by atoms with E-state index in [1.54, 1.807) is 7.11 Å². The van der Waals surface area contributed by atoms with Gasteiger partial charge in [-0.25, -0.2) is 10.8 Å². The van der Waals surface area contributed by atoms with Gasteiger partial charge in [0.15, 0.2) is 0 Å². The summed E-state index contributed by atoms with van der Waals surface area (Å²) in [7, 11) is 1.69. The van der Waals surface area contributed by atoms with Gasteiger partial charge in [0.1, 0.15) is 5.82 Å². The summed E-state index contributed by atoms with van der Waals surface area (Å²) in [6, 6.07) is 7.80. The van der Waals surface area contributed by atoms with Crippen molar-refractivity contribution in [2.45, 2.75) is 6.42 Å². The number of para-hydroxylation sites is 1. The van der Waals surface area contributed by atoms with Gasteiger partial charge in [-0.2, -0.15) is 4.98 Å². The summed E-state index contributed by atoms with van der Waals surface area (Å²) in [5, 5.41) is 4.25. The molecule has 2 aromatic rings. The highest BCUT2D eigenvalue weighted by atomic mass is 16.5. The zero-order valence-electron chi connectivity index (χ0n) is 10.3. The van der Waals surface area contributed by atoms with Gasteiger partial charge in [0, 0.05) is 25.6 Å². The molecule has 0 saturated carbocycles. The quantitative estimate of drug-likeness (QED) is 0.406. The number of benzene rings is 1. The van der Waals surface area contributed by atoms with Gasteiger partial charge in [-0.3, -0.25) is 5.43 Å². The van der Waals surface area contributed by atoms with E-state index < -0.39 is 0 Å². The van der Waals surface area contributed by atoms with Gasteiger partial charge >= 0.3 is 0 Å². The maximum Gasteiger partial charge on any atom is 0.239 e. The van der Waals surface area contributed by atoms with Crippen LogP contribution < -0.4 is 16.6 Å². The van der Waals surface area contributed by atoms with Crippen molar-refractivity contribution < 1.29 is 4.74 Å². The van der Waals surface area contributed by atoms with Gasteiger partial charge in [0.2, 0.25) is 5.95 Å². The van der Waals surface area contributed by atoms with Crippen LogP contribution in [0.3, 0.4) is 0 Å². The molecule has 0 aliphatic carbocycles. The van der Waals surface area contributed by atoms with Crippen molar-refractivity contribution in [3.63, 3.8) is 0 Å². The second kappa shape index (κ2) is 6.13. The number of methoxy groups -OCH3 is 1. The van der Waals surface area contributed by atoms with Crippen LogP contribution in [0, 0.1) is 0 Å². The lowest BCUT2D eigenvalue weighted by Gasteiger charge is -2.10. The summed E-state index contributed by atoms with van der Waals surface area (Å²) in [5.41, 5.74) is 3.33. The van der Waals surface area contributed by atoms with Gasteiger partial charge in [0.25, 0.3) is 0 Å². The summed E-state index contributed by atoms with van der Waals surface area (Å²) in [5.74, 6) is 6.55. The fraction of sp³-hybridized carbons (Fsp3) is 0.333. The number of aromatic nitrogens is 2. The minimum Gasteiger partial charge on any atom is -0.385 e. The molecule has 0 bridgehead atoms. The normalized spacial score (nSPS) is 10.6. The number of hydrogen-bond donors (Lipinski definition) is 3. The van der Waals surface area contributed by atoms with Crippen LogP contribution in [0.25, 0.3) is 10.9 Å². The Kier molecular flexibility index (Phi) is 4.27. The second-order valence-corrected chi connectivity index (χ2v) is 3.83. The average Bonchev–Trinajstić information content (AvgIpc) is 2.43. The van der Waals surface area contributed by atoms with Crippen LogP contribution in [0.2, 0.25) is 0 Å². The number of anilines is 2. The number of ether oxygens (including phenoxy) is 1. The molecule has 0 spiro atoms. The highest BCUT2D eigenvalue weighted by molar-refractivity contribution is 5.89. The van der Waals surface area contributed by atoms with E-state index in [-0.39, 0.29) is 0 Å². The van der Waals surface area contributed by atoms with Crippen LogP contribution in [-0.2, 0) is 4.74 Å². The number of nitrogens with two attached hydrogens (primary N) is 1. The van der Waals surface area contributed by atoms with Gasteiger partial charge in [0.05, 0.1) is 5.52 Å². The van der Waals surface area contributed by atoms with Crippen molar-refractivity contribution in [3.8, 4) is 0 Å². The minimum atomic E-state index is 0.406. The molecule has 1 aromatic heterocycles. The maximum atomic E-state index is 5.36. The maximum absolute atomic E-state index is 5.36. The molecular weight excluding hydrogens is 230 g/mol. The SMILES string of the molecule is COCCCNc1nc(NN)nc2ccccc12. The monoisotopic (exact) mass is 247 g/mol. The molecular formula is C12H17N5O. The number of nitrogens with one attached hydrogen (secondary N) is 2. The molecule has 0 aliphatic heterocycles. The molecule has 4 N–H and O–H groups in total. The lowest BCUT2D eigenvalue weighted by atomic mass is 10.2. The van der Waals surface area contributed by atoms with Crippen molar-refractivity contribution >= 4 is 22.7 Å². The topological polar surface area (TPSA) is 85.1 Å². The van der Waals surface area contributed by atoms with Crippen molar-refractivity contribution in [1.29, 1.82) is 0 Å². The van der Waals surface area contributed by atoms with Crippen LogP contribution in [-0.4, -0.2) is 30.2 Å². The van der Waals surface area contributed by atoms with E-state index in [4.69, 9.17) is 10.6 Å². The first-order valence-electron chi connectivity index (χ1n) is 5.81. The molecule has 18 heavy (non-hydrogen) atoms. The Labute approximate surface area is 106 Å². The Hall–Kier alpha value is -1.92. The summed E-state index contributed by atoms with van der Waals surface area (Å²) in [6.45, 7) is 1.51. The molecule has 0 fully saturated rings. The summed E-state index contributed by atoms with van der Waals surface area (Å²) in [6.07, 6.45) is 0.917. The summed E-state index contributed by atoms with van der Waals surface area (Å²) < 4.78 is 5.01. The molecule has 2 rings (SSSR count). The lowest BCUT2D eigenvalue weighted by molar-refractivity contribution is 0.198. The first-order chi connectivity index (χ1) is 8.85. The molecule has 0 unspecified atom stereocenters. The Morgan fingerprint density at radius 2 is 2.11 bits per heavy atom. The molecule has 0 atom stereocenters. The molecule has 6 nitrogen and oxygen atoms in total. The van der Waals surface area contributed by atoms with Gasteiger partial charge in [-0.05, 0) is 18.6 Å². The van der Waals surface area contributed by atoms with E-state index in [1.165, 1.54) is 0 Å². The number of nitrogen functional groups attached to an aromatic ring is 1. The predicted molar refractivity (Wildman–Crippen MR) is 72.3 cm³/mol. The summed E-state index contributed by atoms with van der Waals surface area (Å²) >= 11 is 0. The minimum absolute atomic E-state index is 0.406. The number of nitrogens with zero attached hydrogens (tertiary/aromatic N) is 2.